The standard InChI is InChI=1S/C11H14IN3S/c1-2-16-10(13)9(12)11-14-6-5-8(15-11)7-3-4-7/h5-7,13,15H,2-4H2,1H3/b11-9+,13-10?. The first kappa shape index (κ1) is 12.2. The van der Waals surface area contributed by atoms with Crippen LogP contribution in [0.1, 0.15) is 19.8 Å². The molecule has 3 nitrogen and oxygen atoms in total. The highest BCUT2D eigenvalue weighted by Gasteiger charge is 2.27. The lowest BCUT2D eigenvalue weighted by Crippen LogP contribution is -2.18. The maximum absolute atomic E-state index is 7.88. The molecule has 0 saturated heterocycles. The molecule has 2 rings (SSSR count). The summed E-state index contributed by atoms with van der Waals surface area (Å²) in [5.74, 6) is 2.45. The van der Waals surface area contributed by atoms with Gasteiger partial charge in [0.05, 0.1) is 3.58 Å². The first-order valence-electron chi connectivity index (χ1n) is 5.35. The fraction of sp³-hybridized carbons (Fsp3) is 0.455. The molecule has 0 unspecified atom stereocenters. The highest BCUT2D eigenvalue weighted by atomic mass is 127. The summed E-state index contributed by atoms with van der Waals surface area (Å²) in [7, 11) is 0. The molecule has 0 aromatic carbocycles. The Balaban J connectivity index is 2.10. The number of hydrogen-bond acceptors (Lipinski definition) is 4. The summed E-state index contributed by atoms with van der Waals surface area (Å²) in [6.45, 7) is 2.06. The molecule has 0 amide bonds. The van der Waals surface area contributed by atoms with E-state index in [1.807, 2.05) is 12.3 Å². The number of hydrogen-bond donors (Lipinski definition) is 2. The average Bonchev–Trinajstić information content (AvgIpc) is 3.12. The summed E-state index contributed by atoms with van der Waals surface area (Å²) in [5, 5.41) is 11.8. The third-order valence-electron chi connectivity index (χ3n) is 2.43. The van der Waals surface area contributed by atoms with Gasteiger partial charge in [0, 0.05) is 11.9 Å². The number of aliphatic imine (C=N–C) groups is 1. The van der Waals surface area contributed by atoms with Crippen molar-refractivity contribution in [1.82, 2.24) is 5.32 Å². The molecule has 1 saturated carbocycles. The first-order valence-corrected chi connectivity index (χ1v) is 7.41. The second-order valence-corrected chi connectivity index (χ2v) is 6.08. The Morgan fingerprint density at radius 1 is 1.69 bits per heavy atom. The maximum atomic E-state index is 7.88. The Labute approximate surface area is 114 Å². The molecule has 1 aliphatic carbocycles. The van der Waals surface area contributed by atoms with Gasteiger partial charge in [-0.3, -0.25) is 5.41 Å². The van der Waals surface area contributed by atoms with Crippen molar-refractivity contribution < 1.29 is 0 Å². The summed E-state index contributed by atoms with van der Waals surface area (Å²) in [5.41, 5.74) is 1.26. The van der Waals surface area contributed by atoms with Crippen molar-refractivity contribution in [3.63, 3.8) is 0 Å². The van der Waals surface area contributed by atoms with Crippen LogP contribution >= 0.6 is 34.4 Å². The Hall–Kier alpha value is -0.300. The molecule has 0 bridgehead atoms. The molecule has 86 valence electrons. The Kier molecular flexibility index (Phi) is 4.07. The molecular formula is C11H14IN3S. The predicted molar refractivity (Wildman–Crippen MR) is 79.3 cm³/mol. The van der Waals surface area contributed by atoms with Crippen LogP contribution in [0.15, 0.2) is 26.2 Å². The molecule has 0 aromatic heterocycles. The third-order valence-corrected chi connectivity index (χ3v) is 4.63. The molecule has 0 radical (unpaired) electrons. The minimum absolute atomic E-state index is 0.597. The molecule has 16 heavy (non-hydrogen) atoms. The van der Waals surface area contributed by atoms with Crippen molar-refractivity contribution in [2.24, 2.45) is 10.9 Å². The molecule has 2 aliphatic rings. The molecule has 1 aliphatic heterocycles. The predicted octanol–water partition coefficient (Wildman–Crippen LogP) is 3.29. The van der Waals surface area contributed by atoms with E-state index in [1.54, 1.807) is 11.8 Å². The van der Waals surface area contributed by atoms with Crippen LogP contribution in [-0.4, -0.2) is 17.0 Å². The smallest absolute Gasteiger partial charge is 0.146 e. The van der Waals surface area contributed by atoms with Gasteiger partial charge in [0.2, 0.25) is 0 Å². The number of nitrogens with one attached hydrogen (secondary N) is 2. The van der Waals surface area contributed by atoms with Crippen LogP contribution in [0.25, 0.3) is 0 Å². The van der Waals surface area contributed by atoms with E-state index < -0.39 is 0 Å². The second kappa shape index (κ2) is 5.35. The van der Waals surface area contributed by atoms with Gasteiger partial charge in [-0.1, -0.05) is 6.92 Å². The van der Waals surface area contributed by atoms with E-state index in [4.69, 9.17) is 5.41 Å². The quantitative estimate of drug-likeness (QED) is 0.468. The van der Waals surface area contributed by atoms with Crippen LogP contribution in [0, 0.1) is 11.3 Å². The largest absolute Gasteiger partial charge is 0.343 e. The van der Waals surface area contributed by atoms with Crippen LogP contribution in [0.2, 0.25) is 0 Å². The number of thioether (sulfide) groups is 1. The maximum Gasteiger partial charge on any atom is 0.146 e. The second-order valence-electron chi connectivity index (χ2n) is 3.72. The summed E-state index contributed by atoms with van der Waals surface area (Å²) in [6, 6.07) is 0. The minimum atomic E-state index is 0.597. The van der Waals surface area contributed by atoms with E-state index in [2.05, 4.69) is 39.8 Å². The average molecular weight is 347 g/mol. The summed E-state index contributed by atoms with van der Waals surface area (Å²) in [6.07, 6.45) is 6.43. The van der Waals surface area contributed by atoms with E-state index in [0.717, 1.165) is 15.2 Å². The first-order chi connectivity index (χ1) is 7.72. The zero-order chi connectivity index (χ0) is 11.5. The van der Waals surface area contributed by atoms with Crippen molar-refractivity contribution in [3.05, 3.63) is 21.2 Å². The molecule has 5 heteroatoms. The van der Waals surface area contributed by atoms with Crippen molar-refractivity contribution in [3.8, 4) is 0 Å². The topological polar surface area (TPSA) is 48.2 Å². The summed E-state index contributed by atoms with van der Waals surface area (Å²) in [4.78, 5) is 4.30. The van der Waals surface area contributed by atoms with Gasteiger partial charge in [-0.15, -0.1) is 11.8 Å². The van der Waals surface area contributed by atoms with Crippen LogP contribution in [0.4, 0.5) is 0 Å². The van der Waals surface area contributed by atoms with Crippen LogP contribution in [0.5, 0.6) is 0 Å². The highest BCUT2D eigenvalue weighted by molar-refractivity contribution is 14.1. The number of nitrogens with zero attached hydrogens (tertiary/aromatic N) is 1. The molecule has 2 N–H and O–H groups in total. The lowest BCUT2D eigenvalue weighted by Gasteiger charge is -2.15. The Morgan fingerprint density at radius 3 is 3.06 bits per heavy atom. The molecule has 1 fully saturated rings. The van der Waals surface area contributed by atoms with Crippen molar-refractivity contribution >= 4 is 45.6 Å². The van der Waals surface area contributed by atoms with Crippen molar-refractivity contribution in [2.45, 2.75) is 19.8 Å². The van der Waals surface area contributed by atoms with Gasteiger partial charge in [0.25, 0.3) is 0 Å². The number of allylic oxidation sites excluding steroid dienone is 2. The van der Waals surface area contributed by atoms with Gasteiger partial charge in [0.1, 0.15) is 10.9 Å². The Morgan fingerprint density at radius 2 is 2.44 bits per heavy atom. The van der Waals surface area contributed by atoms with Gasteiger partial charge in [0.15, 0.2) is 0 Å². The summed E-state index contributed by atoms with van der Waals surface area (Å²) >= 11 is 3.74. The van der Waals surface area contributed by atoms with Gasteiger partial charge < -0.3 is 5.32 Å². The lowest BCUT2D eigenvalue weighted by atomic mass is 10.2. The molecule has 0 atom stereocenters. The normalized spacial score (nSPS) is 22.5. The van der Waals surface area contributed by atoms with E-state index in [1.165, 1.54) is 18.5 Å². The van der Waals surface area contributed by atoms with Gasteiger partial charge in [-0.05, 0) is 53.2 Å². The van der Waals surface area contributed by atoms with Gasteiger partial charge >= 0.3 is 0 Å². The highest BCUT2D eigenvalue weighted by Crippen LogP contribution is 2.36. The molecule has 0 spiro atoms. The lowest BCUT2D eigenvalue weighted by molar-refractivity contribution is 0.828. The van der Waals surface area contributed by atoms with Gasteiger partial charge in [-0.25, -0.2) is 4.99 Å². The SMILES string of the molecule is CCSC(=N)/C(I)=C1/N=CC=C(C2CC2)N1. The van der Waals surface area contributed by atoms with E-state index >= 15 is 0 Å². The fourth-order valence-corrected chi connectivity index (χ4v) is 2.72. The van der Waals surface area contributed by atoms with Crippen LogP contribution in [0.3, 0.4) is 0 Å². The zero-order valence-corrected chi connectivity index (χ0v) is 12.1. The number of rotatable bonds is 3. The van der Waals surface area contributed by atoms with E-state index in [0.29, 0.717) is 11.0 Å². The third kappa shape index (κ3) is 2.88. The van der Waals surface area contributed by atoms with Gasteiger partial charge in [-0.2, -0.15) is 0 Å². The Bertz CT molecular complexity index is 394. The van der Waals surface area contributed by atoms with Crippen LogP contribution in [-0.2, 0) is 0 Å². The zero-order valence-electron chi connectivity index (χ0n) is 9.09. The summed E-state index contributed by atoms with van der Waals surface area (Å²) < 4.78 is 0.909. The minimum Gasteiger partial charge on any atom is -0.343 e. The fourth-order valence-electron chi connectivity index (χ4n) is 1.46. The van der Waals surface area contributed by atoms with E-state index in [9.17, 15) is 0 Å². The van der Waals surface area contributed by atoms with E-state index in [-0.39, 0.29) is 0 Å². The van der Waals surface area contributed by atoms with Crippen molar-refractivity contribution in [2.75, 3.05) is 5.75 Å². The monoisotopic (exact) mass is 347 g/mol. The molecule has 1 heterocycles. The number of halogens is 1. The molecular weight excluding hydrogens is 333 g/mol. The molecule has 0 aromatic rings. The van der Waals surface area contributed by atoms with Crippen molar-refractivity contribution in [1.29, 1.82) is 5.41 Å². The van der Waals surface area contributed by atoms with Crippen LogP contribution < -0.4 is 5.32 Å².